The molecule has 302 valence electrons. The number of aromatic nitrogens is 5. The molecule has 6 heterocycles. The quantitative estimate of drug-likeness (QED) is 0.0501. The third kappa shape index (κ3) is 8.16. The molecule has 10 rings (SSSR count). The molecule has 0 saturated carbocycles. The predicted octanol–water partition coefficient (Wildman–Crippen LogP) is 12.5. The van der Waals surface area contributed by atoms with Crippen molar-refractivity contribution in [1.29, 1.82) is 0 Å². The van der Waals surface area contributed by atoms with E-state index in [0.717, 1.165) is 69.6 Å². The van der Waals surface area contributed by atoms with Crippen molar-refractivity contribution in [3.05, 3.63) is 227 Å². The Morgan fingerprint density at radius 1 is 0.597 bits per heavy atom. The Balaban J connectivity index is 0.939. The van der Waals surface area contributed by atoms with Gasteiger partial charge in [0.2, 0.25) is 0 Å². The first-order chi connectivity index (χ1) is 30.6. The van der Waals surface area contributed by atoms with E-state index >= 15 is 0 Å². The van der Waals surface area contributed by atoms with E-state index in [1.54, 1.807) is 6.20 Å². The van der Waals surface area contributed by atoms with Crippen molar-refractivity contribution in [1.82, 2.24) is 24.1 Å². The van der Waals surface area contributed by atoms with Crippen LogP contribution in [0.5, 0.6) is 0 Å². The van der Waals surface area contributed by atoms with E-state index in [4.69, 9.17) is 0 Å². The summed E-state index contributed by atoms with van der Waals surface area (Å²) in [6.45, 7) is 7.68. The minimum absolute atomic E-state index is 0.00359. The van der Waals surface area contributed by atoms with Gasteiger partial charge >= 0.3 is 0 Å². The summed E-state index contributed by atoms with van der Waals surface area (Å²) in [5.41, 5.74) is 18.5. The highest BCUT2D eigenvalue weighted by Crippen LogP contribution is 2.33. The summed E-state index contributed by atoms with van der Waals surface area (Å²) in [4.78, 5) is 17.1. The molecule has 6 nitrogen and oxygen atoms in total. The average molecular weight is 917 g/mol. The maximum Gasteiger partial charge on any atom is 0.0572 e. The number of allylic oxidation sites excluding steroid dienone is 3. The molecule has 0 radical (unpaired) electrons. The number of fused-ring (bicyclic) bond motifs is 6. The van der Waals surface area contributed by atoms with E-state index in [-0.39, 0.29) is 20.7 Å². The third-order valence-corrected chi connectivity index (χ3v) is 13.8. The van der Waals surface area contributed by atoms with Crippen LogP contribution in [-0.2, 0) is 25.7 Å². The first kappa shape index (κ1) is 39.3. The molecule has 9 aromatic rings. The zero-order valence-corrected chi connectivity index (χ0v) is 36.6. The Bertz CT molecular complexity index is 3150. The van der Waals surface area contributed by atoms with E-state index in [9.17, 15) is 0 Å². The minimum Gasteiger partial charge on any atom is -0.309 e. The van der Waals surface area contributed by atoms with Gasteiger partial charge in [-0.05, 0) is 136 Å². The smallest absolute Gasteiger partial charge is 0.0572 e. The van der Waals surface area contributed by atoms with Crippen molar-refractivity contribution in [2.45, 2.75) is 32.1 Å². The fourth-order valence-electron chi connectivity index (χ4n) is 8.80. The third-order valence-electron chi connectivity index (χ3n) is 11.8. The van der Waals surface area contributed by atoms with Crippen LogP contribution in [0.15, 0.2) is 182 Å². The number of rotatable bonds is 13. The summed E-state index contributed by atoms with van der Waals surface area (Å²) in [6.07, 6.45) is 24.2. The molecular formula is C55H45IN6. The highest BCUT2D eigenvalue weighted by atomic mass is 127. The Morgan fingerprint density at radius 3 is 1.63 bits per heavy atom. The molecule has 0 spiro atoms. The van der Waals surface area contributed by atoms with Crippen LogP contribution < -0.4 is 0 Å². The van der Waals surface area contributed by atoms with Gasteiger partial charge in [0.25, 0.3) is 0 Å². The van der Waals surface area contributed by atoms with E-state index in [1.165, 1.54) is 66.8 Å². The van der Waals surface area contributed by atoms with Crippen LogP contribution in [-0.4, -0.2) is 39.2 Å². The van der Waals surface area contributed by atoms with E-state index in [0.29, 0.717) is 0 Å². The fourth-order valence-corrected chi connectivity index (χ4v) is 10.7. The van der Waals surface area contributed by atoms with Crippen LogP contribution in [0.4, 0.5) is 0 Å². The maximum absolute atomic E-state index is 4.49. The predicted molar refractivity (Wildman–Crippen MR) is 268 cm³/mol. The zero-order chi connectivity index (χ0) is 41.8. The molecule has 1 aliphatic rings. The van der Waals surface area contributed by atoms with Crippen molar-refractivity contribution in [3.8, 4) is 11.4 Å². The molecule has 0 unspecified atom stereocenters. The van der Waals surface area contributed by atoms with Gasteiger partial charge in [0.15, 0.2) is 0 Å². The summed E-state index contributed by atoms with van der Waals surface area (Å²) in [6, 6.07) is 40.8. The number of aliphatic imine (C=N–C) groups is 1. The number of benzene rings is 4. The molecule has 0 atom stereocenters. The Morgan fingerprint density at radius 2 is 1.08 bits per heavy atom. The lowest BCUT2D eigenvalue weighted by Gasteiger charge is -2.13. The summed E-state index contributed by atoms with van der Waals surface area (Å²) in [7, 11) is 0. The Kier molecular flexibility index (Phi) is 11.2. The van der Waals surface area contributed by atoms with Crippen molar-refractivity contribution in [2.75, 3.05) is 4.43 Å². The summed E-state index contributed by atoms with van der Waals surface area (Å²) in [5, 5.41) is 3.44. The van der Waals surface area contributed by atoms with Gasteiger partial charge in [-0.3, -0.25) is 19.9 Å². The molecule has 4 aromatic carbocycles. The van der Waals surface area contributed by atoms with Gasteiger partial charge < -0.3 is 9.13 Å². The summed E-state index contributed by atoms with van der Waals surface area (Å²) in [5.74, 6) is 0. The van der Waals surface area contributed by atoms with Gasteiger partial charge in [0, 0.05) is 80.9 Å². The molecular weight excluding hydrogens is 872 g/mol. The number of pyridine rings is 3. The van der Waals surface area contributed by atoms with Crippen LogP contribution in [0.2, 0.25) is 0 Å². The van der Waals surface area contributed by atoms with Crippen LogP contribution in [0.25, 0.3) is 50.2 Å². The first-order valence-electron chi connectivity index (χ1n) is 21.0. The second kappa shape index (κ2) is 17.6. The molecule has 5 aromatic heterocycles. The molecule has 0 aliphatic carbocycles. The number of alkyl halides is 1. The molecule has 62 heavy (non-hydrogen) atoms. The minimum atomic E-state index is -0.00359. The maximum atomic E-state index is 4.49. The lowest BCUT2D eigenvalue weighted by molar-refractivity contribution is 0.965. The zero-order valence-electron chi connectivity index (χ0n) is 34.5. The fraction of sp³-hybridized carbons (Fsp3) is 0.109. The summed E-state index contributed by atoms with van der Waals surface area (Å²) < 4.78 is 8.34. The molecule has 0 N–H and O–H groups in total. The lowest BCUT2D eigenvalue weighted by atomic mass is 9.93. The van der Waals surface area contributed by atoms with Gasteiger partial charge in [0.1, 0.15) is 0 Å². The molecule has 0 amide bonds. The van der Waals surface area contributed by atoms with Crippen LogP contribution in [0.3, 0.4) is 0 Å². The average Bonchev–Trinajstić information content (AvgIpc) is 3.68. The van der Waals surface area contributed by atoms with Crippen LogP contribution >= 0.6 is 20.7 Å². The molecule has 0 saturated heterocycles. The van der Waals surface area contributed by atoms with E-state index in [2.05, 4.69) is 168 Å². The monoisotopic (exact) mass is 916 g/mol. The second-order valence-corrected chi connectivity index (χ2v) is 18.3. The van der Waals surface area contributed by atoms with Gasteiger partial charge in [-0.15, -0.1) is 20.7 Å². The molecule has 7 heteroatoms. The van der Waals surface area contributed by atoms with Gasteiger partial charge in [-0.25, -0.2) is 0 Å². The van der Waals surface area contributed by atoms with E-state index < -0.39 is 0 Å². The second-order valence-electron chi connectivity index (χ2n) is 16.0. The van der Waals surface area contributed by atoms with Crippen LogP contribution in [0.1, 0.15) is 56.6 Å². The SMILES string of the molecule is C=N/C=C\C(=C)CCc1ccc(Cc2cc(Cc3ccc(-n4c5c(c6cnccc64)C=ICC=C5)cc3)cc(Cc3ccc(-n4c5ccncc5c5cnccc54)cc3)c2)cc1. The van der Waals surface area contributed by atoms with E-state index in [1.807, 2.05) is 43.3 Å². The lowest BCUT2D eigenvalue weighted by Crippen LogP contribution is -2.00. The van der Waals surface area contributed by atoms with Gasteiger partial charge in [-0.2, -0.15) is 0 Å². The Hall–Kier alpha value is -6.84. The Labute approximate surface area is 372 Å². The topological polar surface area (TPSA) is 60.9 Å². The highest BCUT2D eigenvalue weighted by molar-refractivity contribution is 14.2. The van der Waals surface area contributed by atoms with Gasteiger partial charge in [-0.1, -0.05) is 85.0 Å². The number of aryl methyl sites for hydroxylation is 1. The van der Waals surface area contributed by atoms with Crippen molar-refractivity contribution < 1.29 is 0 Å². The largest absolute Gasteiger partial charge is 0.309 e. The number of hydrogen-bond donors (Lipinski definition) is 0. The van der Waals surface area contributed by atoms with Gasteiger partial charge in [0.05, 0.1) is 22.2 Å². The summed E-state index contributed by atoms with van der Waals surface area (Å²) >= 11 is -0.00359. The molecule has 0 bridgehead atoms. The normalized spacial score (nSPS) is 12.5. The number of halogens is 1. The standard InChI is InChI=1S/C55H45IN6/c1-38(19-24-57-2)5-6-39-7-9-40(10-8-39)28-43-31-44(29-41-11-15-46(16-12-41)61-52-4-3-23-56-34-48(52)49-35-58-25-20-53(49)61)33-45(32-43)30-42-13-17-47(18-14-42)62-54-21-26-59-36-50(54)51-37-60-27-22-55(51)62/h3-4,7-22,24-27,31-37H,1-2,5-6,23,28-30H2/b24-19-. The van der Waals surface area contributed by atoms with Crippen molar-refractivity contribution >= 4 is 70.2 Å². The van der Waals surface area contributed by atoms with Crippen LogP contribution in [0, 0.1) is 0 Å². The first-order valence-corrected chi connectivity index (χ1v) is 23.8. The molecule has 0 fully saturated rings. The number of nitrogens with zero attached hydrogens (tertiary/aromatic N) is 6. The van der Waals surface area contributed by atoms with Crippen molar-refractivity contribution in [3.63, 3.8) is 0 Å². The molecule has 1 aliphatic heterocycles. The number of hydrogen-bond acceptors (Lipinski definition) is 4. The van der Waals surface area contributed by atoms with Crippen molar-refractivity contribution in [2.24, 2.45) is 4.99 Å². The highest BCUT2D eigenvalue weighted by Gasteiger charge is 2.17.